The summed E-state index contributed by atoms with van der Waals surface area (Å²) in [7, 11) is 1.65. The van der Waals surface area contributed by atoms with Crippen LogP contribution in [-0.4, -0.2) is 29.4 Å². The average molecular weight is 326 g/mol. The number of nitrogens with zero attached hydrogens (tertiary/aromatic N) is 2. The van der Waals surface area contributed by atoms with E-state index in [0.29, 0.717) is 22.6 Å². The third-order valence-corrected chi connectivity index (χ3v) is 4.15. The zero-order valence-corrected chi connectivity index (χ0v) is 13.8. The van der Waals surface area contributed by atoms with E-state index in [2.05, 4.69) is 0 Å². The van der Waals surface area contributed by atoms with E-state index in [1.54, 1.807) is 57.4 Å². The predicted molar refractivity (Wildman–Crippen MR) is 89.7 cm³/mol. The van der Waals surface area contributed by atoms with Gasteiger partial charge in [-0.3, -0.25) is 14.4 Å². The SMILES string of the molecule is Cc1cccn(CC(=O)c2ccc3c(c2)N(C)C(=O)C(C)O3)c1=O. The second-order valence-electron chi connectivity index (χ2n) is 5.89. The van der Waals surface area contributed by atoms with Gasteiger partial charge in [0.05, 0.1) is 12.2 Å². The first-order chi connectivity index (χ1) is 11.4. The molecule has 0 saturated carbocycles. The van der Waals surface area contributed by atoms with Crippen LogP contribution < -0.4 is 15.2 Å². The molecule has 2 aromatic rings. The number of ether oxygens (including phenoxy) is 1. The molecule has 0 aliphatic carbocycles. The van der Waals surface area contributed by atoms with Crippen molar-refractivity contribution in [2.45, 2.75) is 26.5 Å². The Bertz CT molecular complexity index is 885. The Balaban J connectivity index is 1.91. The molecule has 3 rings (SSSR count). The summed E-state index contributed by atoms with van der Waals surface area (Å²) in [6.07, 6.45) is 1.04. The lowest BCUT2D eigenvalue weighted by atomic mass is 10.1. The maximum absolute atomic E-state index is 12.5. The number of rotatable bonds is 3. The summed E-state index contributed by atoms with van der Waals surface area (Å²) in [6.45, 7) is 3.35. The second-order valence-corrected chi connectivity index (χ2v) is 5.89. The average Bonchev–Trinajstić information content (AvgIpc) is 2.56. The van der Waals surface area contributed by atoms with Crippen molar-refractivity contribution in [1.29, 1.82) is 0 Å². The molecule has 1 amide bonds. The van der Waals surface area contributed by atoms with Crippen LogP contribution in [0.4, 0.5) is 5.69 Å². The zero-order chi connectivity index (χ0) is 17.4. The molecule has 1 aromatic heterocycles. The molecule has 0 N–H and O–H groups in total. The Morgan fingerprint density at radius 1 is 1.25 bits per heavy atom. The first-order valence-corrected chi connectivity index (χ1v) is 7.66. The van der Waals surface area contributed by atoms with E-state index in [4.69, 9.17) is 4.74 Å². The van der Waals surface area contributed by atoms with Crippen LogP contribution in [-0.2, 0) is 11.3 Å². The number of fused-ring (bicyclic) bond motifs is 1. The molecule has 1 atom stereocenters. The van der Waals surface area contributed by atoms with Crippen LogP contribution in [0.3, 0.4) is 0 Å². The van der Waals surface area contributed by atoms with Gasteiger partial charge in [-0.2, -0.15) is 0 Å². The maximum atomic E-state index is 12.5. The molecule has 2 heterocycles. The van der Waals surface area contributed by atoms with E-state index >= 15 is 0 Å². The number of likely N-dealkylation sites (N-methyl/N-ethyl adjacent to an activating group) is 1. The molecule has 1 aromatic carbocycles. The monoisotopic (exact) mass is 326 g/mol. The van der Waals surface area contributed by atoms with Gasteiger partial charge in [0, 0.05) is 24.4 Å². The van der Waals surface area contributed by atoms with Crippen LogP contribution in [0, 0.1) is 6.92 Å². The predicted octanol–water partition coefficient (Wildman–Crippen LogP) is 1.78. The smallest absolute Gasteiger partial charge is 0.267 e. The van der Waals surface area contributed by atoms with Crippen molar-refractivity contribution in [1.82, 2.24) is 4.57 Å². The van der Waals surface area contributed by atoms with Gasteiger partial charge in [-0.15, -0.1) is 0 Å². The van der Waals surface area contributed by atoms with Gasteiger partial charge in [-0.1, -0.05) is 6.07 Å². The number of aromatic nitrogens is 1. The summed E-state index contributed by atoms with van der Waals surface area (Å²) < 4.78 is 6.92. The number of hydrogen-bond donors (Lipinski definition) is 0. The van der Waals surface area contributed by atoms with Gasteiger partial charge < -0.3 is 14.2 Å². The Hall–Kier alpha value is -2.89. The number of Topliss-reactive ketones (excluding diaryl/α,β-unsaturated/α-hetero) is 1. The minimum absolute atomic E-state index is 0.0474. The van der Waals surface area contributed by atoms with Gasteiger partial charge in [0.2, 0.25) is 0 Å². The maximum Gasteiger partial charge on any atom is 0.267 e. The van der Waals surface area contributed by atoms with Gasteiger partial charge in [0.25, 0.3) is 11.5 Å². The zero-order valence-electron chi connectivity index (χ0n) is 13.8. The lowest BCUT2D eigenvalue weighted by Gasteiger charge is -2.30. The lowest BCUT2D eigenvalue weighted by molar-refractivity contribution is -0.125. The number of carbonyl (C=O) groups is 2. The van der Waals surface area contributed by atoms with Crippen molar-refractivity contribution in [2.24, 2.45) is 0 Å². The largest absolute Gasteiger partial charge is 0.479 e. The Morgan fingerprint density at radius 3 is 2.75 bits per heavy atom. The highest BCUT2D eigenvalue weighted by molar-refractivity contribution is 6.02. The van der Waals surface area contributed by atoms with E-state index in [1.165, 1.54) is 9.47 Å². The number of hydrogen-bond acceptors (Lipinski definition) is 4. The van der Waals surface area contributed by atoms with E-state index in [9.17, 15) is 14.4 Å². The molecule has 0 saturated heterocycles. The van der Waals surface area contributed by atoms with Gasteiger partial charge in [-0.05, 0) is 38.1 Å². The molecular weight excluding hydrogens is 308 g/mol. The first kappa shape index (κ1) is 16.0. The summed E-state index contributed by atoms with van der Waals surface area (Å²) in [4.78, 5) is 38.0. The minimum Gasteiger partial charge on any atom is -0.479 e. The van der Waals surface area contributed by atoms with Crippen molar-refractivity contribution >= 4 is 17.4 Å². The van der Waals surface area contributed by atoms with Crippen molar-refractivity contribution in [3.63, 3.8) is 0 Å². The van der Waals surface area contributed by atoms with Gasteiger partial charge in [-0.25, -0.2) is 0 Å². The molecule has 1 unspecified atom stereocenters. The fourth-order valence-corrected chi connectivity index (χ4v) is 2.71. The van der Waals surface area contributed by atoms with E-state index in [-0.39, 0.29) is 23.8 Å². The molecule has 124 valence electrons. The van der Waals surface area contributed by atoms with Crippen LogP contribution in [0.2, 0.25) is 0 Å². The number of pyridine rings is 1. The fraction of sp³-hybridized carbons (Fsp3) is 0.278. The van der Waals surface area contributed by atoms with E-state index < -0.39 is 6.10 Å². The third kappa shape index (κ3) is 2.71. The molecule has 0 bridgehead atoms. The minimum atomic E-state index is -0.546. The van der Waals surface area contributed by atoms with Crippen molar-refractivity contribution in [2.75, 3.05) is 11.9 Å². The molecule has 1 aliphatic rings. The van der Waals surface area contributed by atoms with Crippen molar-refractivity contribution < 1.29 is 14.3 Å². The number of aryl methyl sites for hydroxylation is 1. The van der Waals surface area contributed by atoms with Crippen molar-refractivity contribution in [3.8, 4) is 5.75 Å². The van der Waals surface area contributed by atoms with Crippen LogP contribution >= 0.6 is 0 Å². The fourth-order valence-electron chi connectivity index (χ4n) is 2.71. The highest BCUT2D eigenvalue weighted by Gasteiger charge is 2.29. The van der Waals surface area contributed by atoms with Crippen LogP contribution in [0.15, 0.2) is 41.3 Å². The summed E-state index contributed by atoms with van der Waals surface area (Å²) in [5.41, 5.74) is 1.39. The van der Waals surface area contributed by atoms with Crippen molar-refractivity contribution in [3.05, 3.63) is 58.0 Å². The molecule has 0 radical (unpaired) electrons. The third-order valence-electron chi connectivity index (χ3n) is 4.15. The molecule has 6 heteroatoms. The van der Waals surface area contributed by atoms with E-state index in [0.717, 1.165) is 0 Å². The highest BCUT2D eigenvalue weighted by Crippen LogP contribution is 2.34. The Labute approximate surface area is 139 Å². The van der Waals surface area contributed by atoms with Gasteiger partial charge in [0.15, 0.2) is 11.9 Å². The molecule has 0 spiro atoms. The molecule has 6 nitrogen and oxygen atoms in total. The molecular formula is C18H18N2O4. The quantitative estimate of drug-likeness (QED) is 0.806. The molecule has 1 aliphatic heterocycles. The summed E-state index contributed by atoms with van der Waals surface area (Å²) in [5.74, 6) is 0.195. The topological polar surface area (TPSA) is 68.6 Å². The molecule has 0 fully saturated rings. The normalized spacial score (nSPS) is 16.5. The number of anilines is 1. The Morgan fingerprint density at radius 2 is 2.00 bits per heavy atom. The number of ketones is 1. The van der Waals surface area contributed by atoms with E-state index in [1.807, 2.05) is 0 Å². The summed E-state index contributed by atoms with van der Waals surface area (Å²) >= 11 is 0. The van der Waals surface area contributed by atoms with Crippen LogP contribution in [0.1, 0.15) is 22.8 Å². The van der Waals surface area contributed by atoms with Gasteiger partial charge >= 0.3 is 0 Å². The van der Waals surface area contributed by atoms with Crippen LogP contribution in [0.5, 0.6) is 5.75 Å². The Kier molecular flexibility index (Phi) is 3.97. The number of benzene rings is 1. The first-order valence-electron chi connectivity index (χ1n) is 7.66. The highest BCUT2D eigenvalue weighted by atomic mass is 16.5. The lowest BCUT2D eigenvalue weighted by Crippen LogP contribution is -2.42. The summed E-state index contributed by atoms with van der Waals surface area (Å²) in [5, 5.41) is 0. The molecule has 24 heavy (non-hydrogen) atoms. The number of carbonyl (C=O) groups excluding carboxylic acids is 2. The number of amides is 1. The van der Waals surface area contributed by atoms with Gasteiger partial charge in [0.1, 0.15) is 5.75 Å². The standard InChI is InChI=1S/C18H18N2O4/c1-11-5-4-8-20(17(11)22)10-15(21)13-6-7-16-14(9-13)19(3)18(23)12(2)24-16/h4-9,12H,10H2,1-3H3. The second kappa shape index (κ2) is 5.96. The summed E-state index contributed by atoms with van der Waals surface area (Å²) in [6, 6.07) is 8.40. The van der Waals surface area contributed by atoms with Crippen LogP contribution in [0.25, 0.3) is 0 Å².